The van der Waals surface area contributed by atoms with Crippen LogP contribution in [0.25, 0.3) is 17.3 Å². The second-order valence-electron chi connectivity index (χ2n) is 8.33. The summed E-state index contributed by atoms with van der Waals surface area (Å²) in [6.45, 7) is 1.73. The molecule has 3 aromatic heterocycles. The number of benzene rings is 2. The first-order valence-electron chi connectivity index (χ1n) is 11.9. The van der Waals surface area contributed by atoms with E-state index in [2.05, 4.69) is 27.4 Å². The van der Waals surface area contributed by atoms with E-state index in [0.29, 0.717) is 31.1 Å². The number of nitrogens with one attached hydrogen (secondary N) is 1. The van der Waals surface area contributed by atoms with Crippen molar-refractivity contribution in [3.8, 4) is 17.0 Å². The SMILES string of the molecule is O=C(/C=C/c1cn(Cc2ccccc2)nc1-c1cccnc1)Nc1ccccc1OCCn1ccnc1. The Morgan fingerprint density at radius 2 is 1.84 bits per heavy atom. The van der Waals surface area contributed by atoms with Crippen LogP contribution in [0.1, 0.15) is 11.1 Å². The molecule has 2 aromatic carbocycles. The third-order valence-corrected chi connectivity index (χ3v) is 5.64. The summed E-state index contributed by atoms with van der Waals surface area (Å²) in [6.07, 6.45) is 14.1. The molecule has 0 atom stereocenters. The molecular weight excluding hydrogens is 464 g/mol. The molecule has 8 heteroatoms. The van der Waals surface area contributed by atoms with Gasteiger partial charge >= 0.3 is 0 Å². The fourth-order valence-electron chi connectivity index (χ4n) is 3.85. The maximum Gasteiger partial charge on any atom is 0.248 e. The largest absolute Gasteiger partial charge is 0.490 e. The van der Waals surface area contributed by atoms with E-state index in [9.17, 15) is 4.79 Å². The summed E-state index contributed by atoms with van der Waals surface area (Å²) in [4.78, 5) is 21.1. The Morgan fingerprint density at radius 1 is 0.973 bits per heavy atom. The summed E-state index contributed by atoms with van der Waals surface area (Å²) >= 11 is 0. The number of carbonyl (C=O) groups is 1. The van der Waals surface area contributed by atoms with Gasteiger partial charge in [0.05, 0.1) is 25.1 Å². The second kappa shape index (κ2) is 11.6. The molecule has 5 aromatic rings. The van der Waals surface area contributed by atoms with Gasteiger partial charge in [0, 0.05) is 48.2 Å². The molecule has 0 saturated carbocycles. The summed E-state index contributed by atoms with van der Waals surface area (Å²) in [6, 6.07) is 21.3. The number of carbonyl (C=O) groups excluding carboxylic acids is 1. The molecule has 1 N–H and O–H groups in total. The Balaban J connectivity index is 1.30. The van der Waals surface area contributed by atoms with Crippen LogP contribution >= 0.6 is 0 Å². The van der Waals surface area contributed by atoms with E-state index in [1.807, 2.05) is 76.2 Å². The molecule has 8 nitrogen and oxygen atoms in total. The summed E-state index contributed by atoms with van der Waals surface area (Å²) in [5, 5.41) is 7.69. The first kappa shape index (κ1) is 23.7. The first-order valence-corrected chi connectivity index (χ1v) is 11.9. The van der Waals surface area contributed by atoms with Gasteiger partial charge in [-0.05, 0) is 35.9 Å². The minimum absolute atomic E-state index is 0.265. The zero-order valence-electron chi connectivity index (χ0n) is 20.1. The van der Waals surface area contributed by atoms with Gasteiger partial charge in [0.2, 0.25) is 5.91 Å². The van der Waals surface area contributed by atoms with Crippen LogP contribution in [0.15, 0.2) is 110 Å². The van der Waals surface area contributed by atoms with E-state index in [1.54, 1.807) is 31.0 Å². The van der Waals surface area contributed by atoms with Crippen molar-refractivity contribution in [3.63, 3.8) is 0 Å². The van der Waals surface area contributed by atoms with Crippen molar-refractivity contribution in [3.05, 3.63) is 121 Å². The normalized spacial score (nSPS) is 11.0. The van der Waals surface area contributed by atoms with Crippen LogP contribution in [0.5, 0.6) is 5.75 Å². The smallest absolute Gasteiger partial charge is 0.248 e. The van der Waals surface area contributed by atoms with Crippen molar-refractivity contribution in [2.45, 2.75) is 13.1 Å². The summed E-state index contributed by atoms with van der Waals surface area (Å²) in [7, 11) is 0. The van der Waals surface area contributed by atoms with Crippen molar-refractivity contribution < 1.29 is 9.53 Å². The number of rotatable bonds is 10. The third-order valence-electron chi connectivity index (χ3n) is 5.64. The molecule has 0 aliphatic carbocycles. The fourth-order valence-corrected chi connectivity index (χ4v) is 3.85. The molecule has 0 aliphatic heterocycles. The van der Waals surface area contributed by atoms with Crippen molar-refractivity contribution in [1.82, 2.24) is 24.3 Å². The highest BCUT2D eigenvalue weighted by Gasteiger charge is 2.11. The van der Waals surface area contributed by atoms with Gasteiger partial charge in [-0.1, -0.05) is 42.5 Å². The lowest BCUT2D eigenvalue weighted by Gasteiger charge is -2.11. The lowest BCUT2D eigenvalue weighted by molar-refractivity contribution is -0.111. The highest BCUT2D eigenvalue weighted by atomic mass is 16.5. The zero-order valence-corrected chi connectivity index (χ0v) is 20.1. The number of para-hydroxylation sites is 2. The van der Waals surface area contributed by atoms with E-state index >= 15 is 0 Å². The molecule has 1 amide bonds. The Morgan fingerprint density at radius 3 is 2.65 bits per heavy atom. The van der Waals surface area contributed by atoms with Gasteiger partial charge in [-0.3, -0.25) is 14.5 Å². The molecule has 0 fully saturated rings. The van der Waals surface area contributed by atoms with Gasteiger partial charge in [0.1, 0.15) is 18.1 Å². The lowest BCUT2D eigenvalue weighted by Crippen LogP contribution is -2.11. The van der Waals surface area contributed by atoms with Crippen molar-refractivity contribution in [1.29, 1.82) is 0 Å². The maximum absolute atomic E-state index is 12.8. The predicted molar refractivity (Wildman–Crippen MR) is 143 cm³/mol. The number of imidazole rings is 1. The summed E-state index contributed by atoms with van der Waals surface area (Å²) in [5.74, 6) is 0.342. The van der Waals surface area contributed by atoms with Crippen LogP contribution in [-0.4, -0.2) is 36.8 Å². The Labute approximate surface area is 214 Å². The Hall–Kier alpha value is -4.98. The molecule has 37 heavy (non-hydrogen) atoms. The number of hydrogen-bond donors (Lipinski definition) is 1. The summed E-state index contributed by atoms with van der Waals surface area (Å²) in [5.41, 5.74) is 4.21. The third kappa shape index (κ3) is 6.37. The topological polar surface area (TPSA) is 86.9 Å². The molecular formula is C29H26N6O2. The molecule has 0 radical (unpaired) electrons. The van der Waals surface area contributed by atoms with Gasteiger partial charge in [-0.2, -0.15) is 5.10 Å². The predicted octanol–water partition coefficient (Wildman–Crippen LogP) is 4.92. The van der Waals surface area contributed by atoms with Gasteiger partial charge < -0.3 is 14.6 Å². The van der Waals surface area contributed by atoms with Crippen LogP contribution in [0, 0.1) is 0 Å². The van der Waals surface area contributed by atoms with Crippen molar-refractivity contribution in [2.75, 3.05) is 11.9 Å². The standard InChI is InChI=1S/C29H26N6O2/c36-28(32-26-10-4-5-11-27(26)37-18-17-34-16-15-31-22-34)13-12-25-21-35(20-23-7-2-1-3-8-23)33-29(25)24-9-6-14-30-19-24/h1-16,19,21-22H,17-18,20H2,(H,32,36)/b13-12+. The van der Waals surface area contributed by atoms with E-state index in [0.717, 1.165) is 22.4 Å². The molecule has 0 spiro atoms. The van der Waals surface area contributed by atoms with Crippen LogP contribution in [0.3, 0.4) is 0 Å². The van der Waals surface area contributed by atoms with Crippen molar-refractivity contribution in [2.24, 2.45) is 0 Å². The minimum Gasteiger partial charge on any atom is -0.490 e. The van der Waals surface area contributed by atoms with E-state index in [-0.39, 0.29) is 5.91 Å². The molecule has 184 valence electrons. The van der Waals surface area contributed by atoms with Gasteiger partial charge in [-0.15, -0.1) is 0 Å². The van der Waals surface area contributed by atoms with Gasteiger partial charge in [-0.25, -0.2) is 4.98 Å². The number of pyridine rings is 1. The molecule has 0 bridgehead atoms. The average molecular weight is 491 g/mol. The molecule has 0 unspecified atom stereocenters. The molecule has 5 rings (SSSR count). The fraction of sp³-hybridized carbons (Fsp3) is 0.103. The van der Waals surface area contributed by atoms with E-state index in [1.165, 1.54) is 6.08 Å². The number of hydrogen-bond acceptors (Lipinski definition) is 5. The summed E-state index contributed by atoms with van der Waals surface area (Å²) < 4.78 is 9.71. The Bertz CT molecular complexity index is 1460. The molecule has 0 saturated heterocycles. The lowest BCUT2D eigenvalue weighted by atomic mass is 10.1. The van der Waals surface area contributed by atoms with E-state index in [4.69, 9.17) is 9.84 Å². The number of aromatic nitrogens is 5. The highest BCUT2D eigenvalue weighted by Crippen LogP contribution is 2.25. The zero-order chi connectivity index (χ0) is 25.3. The van der Waals surface area contributed by atoms with Gasteiger partial charge in [0.25, 0.3) is 0 Å². The first-order chi connectivity index (χ1) is 18.2. The van der Waals surface area contributed by atoms with Crippen LogP contribution in [0.4, 0.5) is 5.69 Å². The highest BCUT2D eigenvalue weighted by molar-refractivity contribution is 6.03. The number of nitrogens with zero attached hydrogens (tertiary/aromatic N) is 5. The second-order valence-corrected chi connectivity index (χ2v) is 8.33. The quantitative estimate of drug-likeness (QED) is 0.281. The maximum atomic E-state index is 12.8. The monoisotopic (exact) mass is 490 g/mol. The van der Waals surface area contributed by atoms with Gasteiger partial charge in [0.15, 0.2) is 0 Å². The van der Waals surface area contributed by atoms with Crippen LogP contribution in [0.2, 0.25) is 0 Å². The van der Waals surface area contributed by atoms with E-state index < -0.39 is 0 Å². The number of amides is 1. The average Bonchev–Trinajstić information content (AvgIpc) is 3.60. The van der Waals surface area contributed by atoms with Crippen LogP contribution in [-0.2, 0) is 17.9 Å². The Kier molecular flexibility index (Phi) is 7.47. The molecule has 3 heterocycles. The number of anilines is 1. The van der Waals surface area contributed by atoms with Crippen LogP contribution < -0.4 is 10.1 Å². The van der Waals surface area contributed by atoms with Crippen molar-refractivity contribution >= 4 is 17.7 Å². The minimum atomic E-state index is -0.265. The number of ether oxygens (including phenoxy) is 1. The molecule has 0 aliphatic rings.